The Bertz CT molecular complexity index is 2230. The van der Waals surface area contributed by atoms with Gasteiger partial charge in [-0.2, -0.15) is 0 Å². The summed E-state index contributed by atoms with van der Waals surface area (Å²) in [4.78, 5) is 4.57. The van der Waals surface area contributed by atoms with Crippen LogP contribution in [0.2, 0.25) is 0 Å². The number of rotatable bonds is 6. The molecule has 1 heterocycles. The zero-order valence-electron chi connectivity index (χ0n) is 35.9. The minimum absolute atomic E-state index is 0.139. The number of nitrogens with zero attached hydrogens (tertiary/aromatic N) is 2. The third-order valence-corrected chi connectivity index (χ3v) is 14.5. The molecule has 0 radical (unpaired) electrons. The molecule has 55 heavy (non-hydrogen) atoms. The highest BCUT2D eigenvalue weighted by atomic mass is 16.5. The number of aromatic hydroxyl groups is 1. The first kappa shape index (κ1) is 39.1. The van der Waals surface area contributed by atoms with Crippen LogP contribution >= 0.6 is 0 Å². The van der Waals surface area contributed by atoms with E-state index in [-0.39, 0.29) is 21.7 Å². The van der Waals surface area contributed by atoms with Crippen molar-refractivity contribution in [2.75, 3.05) is 0 Å². The molecule has 3 atom stereocenters. The van der Waals surface area contributed by atoms with Crippen molar-refractivity contribution in [2.45, 2.75) is 133 Å². The van der Waals surface area contributed by atoms with Gasteiger partial charge in [0.1, 0.15) is 23.9 Å². The van der Waals surface area contributed by atoms with Crippen LogP contribution in [0.5, 0.6) is 11.5 Å². The van der Waals surface area contributed by atoms with Crippen LogP contribution in [-0.2, 0) is 50.2 Å². The predicted molar refractivity (Wildman–Crippen MR) is 223 cm³/mol. The number of aliphatic hydroxyl groups is 2. The van der Waals surface area contributed by atoms with E-state index in [1.165, 1.54) is 16.7 Å². The zero-order chi connectivity index (χ0) is 40.4. The Balaban J connectivity index is 1.57. The average Bonchev–Trinajstić information content (AvgIpc) is 3.55. The molecule has 5 aliphatic carbocycles. The fraction of sp³-hybridized carbons (Fsp3) is 0.531. The smallest absolute Gasteiger partial charge is 0.132 e. The second kappa shape index (κ2) is 12.4. The molecule has 3 N–H and O–H groups in total. The Labute approximate surface area is 329 Å². The first-order chi connectivity index (χ1) is 25.4. The molecule has 1 saturated carbocycles. The second-order valence-electron chi connectivity index (χ2n) is 20.5. The predicted octanol–water partition coefficient (Wildman–Crippen LogP) is 11.4. The standard InChI is InChI=1S/C49H64N2O4/c1-15-29-18-34(44(3,4)5)21-33(41(29)53)24-48(13)43(54)32-17-30-19-35(45(6,7)8)20-31(42(30)55-26-36-25-51(14)27-50-36)22-37-40(52)28(2)16-38-46(9,10)47(11,12)39(23-32)49(37,38)48/h16,18-21,23,25,27,37,52-54H,15,17,22,24,26H2,1-14H3/t37-,48?,49+/m1/s1. The lowest BCUT2D eigenvalue weighted by Crippen LogP contribution is -2.54. The van der Waals surface area contributed by atoms with Crippen molar-refractivity contribution in [3.63, 3.8) is 0 Å². The van der Waals surface area contributed by atoms with Gasteiger partial charge in [-0.25, -0.2) is 4.98 Å². The molecule has 1 spiro atoms. The number of hydrogen-bond acceptors (Lipinski definition) is 5. The van der Waals surface area contributed by atoms with E-state index in [4.69, 9.17) is 4.74 Å². The van der Waals surface area contributed by atoms with Crippen molar-refractivity contribution in [1.82, 2.24) is 9.55 Å². The minimum atomic E-state index is -0.931. The highest BCUT2D eigenvalue weighted by Crippen LogP contribution is 2.79. The van der Waals surface area contributed by atoms with Crippen molar-refractivity contribution >= 4 is 0 Å². The lowest BCUT2D eigenvalue weighted by atomic mass is 9.45. The van der Waals surface area contributed by atoms with E-state index in [0.29, 0.717) is 49.6 Å². The summed E-state index contributed by atoms with van der Waals surface area (Å²) in [6.45, 7) is 29.4. The Morgan fingerprint density at radius 3 is 2.00 bits per heavy atom. The molecule has 1 fully saturated rings. The molecule has 0 amide bonds. The number of benzene rings is 2. The third-order valence-electron chi connectivity index (χ3n) is 14.5. The molecule has 5 aliphatic rings. The maximum absolute atomic E-state index is 13.3. The van der Waals surface area contributed by atoms with E-state index in [0.717, 1.165) is 50.4 Å². The van der Waals surface area contributed by atoms with Crippen molar-refractivity contribution in [3.8, 4) is 11.5 Å². The Hall–Kier alpha value is -4.19. The van der Waals surface area contributed by atoms with Gasteiger partial charge in [-0.1, -0.05) is 131 Å². The molecular weight excluding hydrogens is 681 g/mol. The second-order valence-corrected chi connectivity index (χ2v) is 20.5. The summed E-state index contributed by atoms with van der Waals surface area (Å²) in [6, 6.07) is 8.88. The topological polar surface area (TPSA) is 87.7 Å². The molecular formula is C49H64N2O4. The lowest BCUT2D eigenvalue weighted by Gasteiger charge is -2.57. The van der Waals surface area contributed by atoms with E-state index in [2.05, 4.69) is 124 Å². The van der Waals surface area contributed by atoms with Gasteiger partial charge in [-0.05, 0) is 92.4 Å². The van der Waals surface area contributed by atoms with Gasteiger partial charge in [-0.3, -0.25) is 0 Å². The van der Waals surface area contributed by atoms with E-state index in [9.17, 15) is 15.3 Å². The van der Waals surface area contributed by atoms with Crippen LogP contribution in [0, 0.1) is 27.6 Å². The number of aromatic nitrogens is 2. The molecule has 4 bridgehead atoms. The van der Waals surface area contributed by atoms with Crippen molar-refractivity contribution in [2.24, 2.45) is 34.6 Å². The summed E-state index contributed by atoms with van der Waals surface area (Å²) < 4.78 is 8.76. The largest absolute Gasteiger partial charge is 0.512 e. The number of aryl methyl sites for hydroxylation is 2. The number of fused-ring (bicyclic) bond motifs is 1. The Morgan fingerprint density at radius 1 is 0.836 bits per heavy atom. The quantitative estimate of drug-likeness (QED) is 0.234. The molecule has 6 nitrogen and oxygen atoms in total. The van der Waals surface area contributed by atoms with Crippen LogP contribution in [0.25, 0.3) is 0 Å². The highest BCUT2D eigenvalue weighted by Gasteiger charge is 2.73. The summed E-state index contributed by atoms with van der Waals surface area (Å²) in [5, 5.41) is 38.0. The van der Waals surface area contributed by atoms with Gasteiger partial charge in [0.05, 0.1) is 17.8 Å². The molecule has 8 rings (SSSR count). The van der Waals surface area contributed by atoms with Crippen molar-refractivity contribution in [1.29, 1.82) is 0 Å². The maximum atomic E-state index is 13.3. The highest BCUT2D eigenvalue weighted by molar-refractivity contribution is 5.65. The van der Waals surface area contributed by atoms with E-state index in [1.807, 2.05) is 24.7 Å². The fourth-order valence-corrected chi connectivity index (χ4v) is 10.7. The number of imidazole rings is 1. The van der Waals surface area contributed by atoms with Crippen LogP contribution in [0.15, 0.2) is 82.8 Å². The minimum Gasteiger partial charge on any atom is -0.512 e. The SMILES string of the molecule is CCc1cc(C(C)(C)C)cc(CC2(C)C(O)=C3C=C4C(C)(C)C(C)(C)C5=CC(C)=C(O)[C@@H](Cc6cc(C(C)(C)C)cc(c6OCc6cn(C)cn6)C3)[C@]542)c1O. The molecule has 1 unspecified atom stereocenters. The number of phenolic OH excluding ortho intramolecular Hbond substituents is 1. The number of phenols is 1. The molecule has 6 heteroatoms. The summed E-state index contributed by atoms with van der Waals surface area (Å²) >= 11 is 0. The van der Waals surface area contributed by atoms with Gasteiger partial charge < -0.3 is 24.6 Å². The van der Waals surface area contributed by atoms with Crippen LogP contribution in [-0.4, -0.2) is 24.9 Å². The summed E-state index contributed by atoms with van der Waals surface area (Å²) in [5.41, 5.74) is 8.52. The number of allylic oxidation sites excluding steroid dienone is 8. The van der Waals surface area contributed by atoms with Crippen LogP contribution in [0.3, 0.4) is 0 Å². The zero-order valence-corrected chi connectivity index (χ0v) is 35.9. The molecule has 0 aliphatic heterocycles. The summed E-state index contributed by atoms with van der Waals surface area (Å²) in [6.07, 6.45) is 10.4. The molecule has 294 valence electrons. The molecule has 3 aromatic rings. The maximum Gasteiger partial charge on any atom is 0.132 e. The van der Waals surface area contributed by atoms with Crippen LogP contribution in [0.4, 0.5) is 0 Å². The molecule has 2 aromatic carbocycles. The monoisotopic (exact) mass is 744 g/mol. The molecule has 1 aromatic heterocycles. The van der Waals surface area contributed by atoms with Gasteiger partial charge in [0.2, 0.25) is 0 Å². The number of ether oxygens (including phenoxy) is 1. The third kappa shape index (κ3) is 5.58. The van der Waals surface area contributed by atoms with Crippen LogP contribution in [0.1, 0.15) is 129 Å². The van der Waals surface area contributed by atoms with E-state index >= 15 is 0 Å². The molecule has 0 saturated heterocycles. The Morgan fingerprint density at radius 2 is 1.42 bits per heavy atom. The first-order valence-electron chi connectivity index (χ1n) is 20.3. The summed E-state index contributed by atoms with van der Waals surface area (Å²) in [7, 11) is 1.96. The van der Waals surface area contributed by atoms with Gasteiger partial charge in [0, 0.05) is 36.4 Å². The lowest BCUT2D eigenvalue weighted by molar-refractivity contribution is 0.0391. The number of hydrogen-bond donors (Lipinski definition) is 3. The fourth-order valence-electron chi connectivity index (χ4n) is 10.7. The van der Waals surface area contributed by atoms with Crippen LogP contribution < -0.4 is 4.74 Å². The summed E-state index contributed by atoms with van der Waals surface area (Å²) in [5.74, 6) is 1.37. The van der Waals surface area contributed by atoms with Gasteiger partial charge in [-0.15, -0.1) is 0 Å². The Kier molecular flexibility index (Phi) is 8.81. The van der Waals surface area contributed by atoms with E-state index in [1.54, 1.807) is 6.33 Å². The van der Waals surface area contributed by atoms with Gasteiger partial charge >= 0.3 is 0 Å². The average molecular weight is 745 g/mol. The number of aliphatic hydroxyl groups excluding tert-OH is 2. The normalized spacial score (nSPS) is 25.5. The first-order valence-corrected chi connectivity index (χ1v) is 20.3. The van der Waals surface area contributed by atoms with Gasteiger partial charge in [0.25, 0.3) is 0 Å². The van der Waals surface area contributed by atoms with Gasteiger partial charge in [0.15, 0.2) is 0 Å². The van der Waals surface area contributed by atoms with Crippen molar-refractivity contribution in [3.05, 3.63) is 122 Å². The van der Waals surface area contributed by atoms with E-state index < -0.39 is 16.7 Å². The van der Waals surface area contributed by atoms with Crippen molar-refractivity contribution < 1.29 is 20.1 Å².